The van der Waals surface area contributed by atoms with Crippen LogP contribution in [0.15, 0.2) is 0 Å². The van der Waals surface area contributed by atoms with Gasteiger partial charge in [0.1, 0.15) is 11.6 Å². The number of hydrogen-bond acceptors (Lipinski definition) is 4. The first-order valence-corrected chi connectivity index (χ1v) is 8.52. The lowest BCUT2D eigenvalue weighted by atomic mass is 9.46. The molecule has 0 aromatic heterocycles. The van der Waals surface area contributed by atoms with Crippen LogP contribution in [-0.2, 0) is 9.53 Å². The van der Waals surface area contributed by atoms with E-state index in [9.17, 15) is 14.7 Å². The monoisotopic (exact) mass is 324 g/mol. The number of nitrogens with two attached hydrogens (primary N) is 1. The van der Waals surface area contributed by atoms with E-state index in [0.29, 0.717) is 18.3 Å². The van der Waals surface area contributed by atoms with Gasteiger partial charge in [-0.2, -0.15) is 0 Å². The van der Waals surface area contributed by atoms with Crippen molar-refractivity contribution in [3.63, 3.8) is 0 Å². The Kier molecular flexibility index (Phi) is 3.67. The molecule has 0 aromatic carbocycles. The molecule has 2 unspecified atom stereocenters. The minimum atomic E-state index is -0.783. The molecule has 0 saturated heterocycles. The van der Waals surface area contributed by atoms with Crippen LogP contribution in [-0.4, -0.2) is 34.4 Å². The van der Waals surface area contributed by atoms with Crippen LogP contribution in [0.1, 0.15) is 59.3 Å². The van der Waals surface area contributed by atoms with E-state index in [1.54, 1.807) is 20.8 Å². The Balaban J connectivity index is 1.81. The molecule has 6 heteroatoms. The van der Waals surface area contributed by atoms with Crippen molar-refractivity contribution >= 4 is 12.0 Å². The molecule has 6 nitrogen and oxygen atoms in total. The van der Waals surface area contributed by atoms with Gasteiger partial charge in [0.25, 0.3) is 0 Å². The van der Waals surface area contributed by atoms with Gasteiger partial charge in [0.05, 0.1) is 5.60 Å². The Morgan fingerprint density at radius 2 is 1.78 bits per heavy atom. The van der Waals surface area contributed by atoms with Crippen LogP contribution in [0, 0.1) is 17.3 Å². The van der Waals surface area contributed by atoms with Gasteiger partial charge in [-0.05, 0) is 71.1 Å². The van der Waals surface area contributed by atoms with Crippen molar-refractivity contribution in [3.05, 3.63) is 0 Å². The van der Waals surface area contributed by atoms with Gasteiger partial charge in [-0.15, -0.1) is 0 Å². The van der Waals surface area contributed by atoms with Crippen molar-refractivity contribution in [3.8, 4) is 0 Å². The Labute approximate surface area is 137 Å². The smallest absolute Gasteiger partial charge is 0.408 e. The van der Waals surface area contributed by atoms with Crippen molar-refractivity contribution in [2.75, 3.05) is 0 Å². The molecule has 3 atom stereocenters. The van der Waals surface area contributed by atoms with Gasteiger partial charge in [-0.25, -0.2) is 4.79 Å². The Bertz CT molecular complexity index is 511. The summed E-state index contributed by atoms with van der Waals surface area (Å²) in [5.74, 6) is 0.300. The molecular formula is C17H28N2O4. The second-order valence-corrected chi connectivity index (χ2v) is 9.03. The third kappa shape index (κ3) is 3.18. The highest BCUT2D eigenvalue weighted by atomic mass is 16.6. The van der Waals surface area contributed by atoms with Gasteiger partial charge >= 0.3 is 6.09 Å². The molecule has 4 aliphatic rings. The number of primary amides is 1. The molecule has 23 heavy (non-hydrogen) atoms. The second-order valence-electron chi connectivity index (χ2n) is 9.03. The molecule has 4 rings (SSSR count). The lowest BCUT2D eigenvalue weighted by Crippen LogP contribution is -2.65. The number of nitrogens with one attached hydrogen (secondary N) is 1. The van der Waals surface area contributed by atoms with Crippen LogP contribution in [0.3, 0.4) is 0 Å². The maximum atomic E-state index is 12.1. The lowest BCUT2D eigenvalue weighted by molar-refractivity contribution is -0.175. The zero-order valence-electron chi connectivity index (χ0n) is 14.2. The van der Waals surface area contributed by atoms with E-state index >= 15 is 0 Å². The van der Waals surface area contributed by atoms with E-state index in [0.717, 1.165) is 32.1 Å². The number of carbonyl (C=O) groups is 2. The molecule has 4 fully saturated rings. The number of amides is 2. The molecule has 4 saturated carbocycles. The maximum Gasteiger partial charge on any atom is 0.408 e. The van der Waals surface area contributed by atoms with E-state index in [1.807, 2.05) is 0 Å². The van der Waals surface area contributed by atoms with Crippen molar-refractivity contribution < 1.29 is 19.4 Å². The largest absolute Gasteiger partial charge is 0.444 e. The molecule has 2 amide bonds. The molecule has 130 valence electrons. The Morgan fingerprint density at radius 3 is 2.22 bits per heavy atom. The summed E-state index contributed by atoms with van der Waals surface area (Å²) in [7, 11) is 0. The van der Waals surface area contributed by atoms with Crippen LogP contribution in [0.5, 0.6) is 0 Å². The molecule has 4 N–H and O–H groups in total. The summed E-state index contributed by atoms with van der Waals surface area (Å²) in [6.07, 6.45) is 4.33. The number of hydrogen-bond donors (Lipinski definition) is 3. The SMILES string of the molecule is CC(C)(C)OC(=O)N[C@H](C(N)=O)C12CC3CC(CC(O)(C3)C1)C2. The predicted molar refractivity (Wildman–Crippen MR) is 84.4 cm³/mol. The average Bonchev–Trinajstić information content (AvgIpc) is 2.29. The minimum absolute atomic E-state index is 0.420. The summed E-state index contributed by atoms with van der Waals surface area (Å²) in [4.78, 5) is 24.2. The zero-order chi connectivity index (χ0) is 17.0. The van der Waals surface area contributed by atoms with Crippen molar-refractivity contribution in [2.24, 2.45) is 23.0 Å². The summed E-state index contributed by atoms with van der Waals surface area (Å²) in [6, 6.07) is -0.783. The van der Waals surface area contributed by atoms with E-state index in [4.69, 9.17) is 10.5 Å². The minimum Gasteiger partial charge on any atom is -0.444 e. The van der Waals surface area contributed by atoms with Crippen LogP contribution in [0.2, 0.25) is 0 Å². The predicted octanol–water partition coefficient (Wildman–Crippen LogP) is 1.70. The quantitative estimate of drug-likeness (QED) is 0.735. The highest BCUT2D eigenvalue weighted by molar-refractivity contribution is 5.85. The standard InChI is InChI=1S/C17H28N2O4/c1-15(2,3)23-14(21)19-12(13(18)20)16-5-10-4-11(6-16)8-17(22,7-10)9-16/h10-12,22H,4-9H2,1-3H3,(H2,18,20)(H,19,21)/t10?,11?,12-,16?,17?/m1/s1. The van der Waals surface area contributed by atoms with Gasteiger partial charge in [0.2, 0.25) is 5.91 Å². The van der Waals surface area contributed by atoms with Crippen LogP contribution in [0.25, 0.3) is 0 Å². The van der Waals surface area contributed by atoms with E-state index in [1.165, 1.54) is 0 Å². The van der Waals surface area contributed by atoms with Crippen LogP contribution in [0.4, 0.5) is 4.79 Å². The third-order valence-electron chi connectivity index (χ3n) is 5.63. The highest BCUT2D eigenvalue weighted by Gasteiger charge is 2.61. The molecule has 0 aromatic rings. The molecular weight excluding hydrogens is 296 g/mol. The van der Waals surface area contributed by atoms with E-state index in [2.05, 4.69) is 5.32 Å². The summed E-state index contributed by atoms with van der Waals surface area (Å²) in [6.45, 7) is 5.33. The van der Waals surface area contributed by atoms with E-state index in [-0.39, 0.29) is 0 Å². The Hall–Kier alpha value is -1.30. The fourth-order valence-corrected chi connectivity index (χ4v) is 5.57. The number of alkyl carbamates (subject to hydrolysis) is 1. The van der Waals surface area contributed by atoms with Gasteiger partial charge in [0.15, 0.2) is 0 Å². The third-order valence-corrected chi connectivity index (χ3v) is 5.63. The van der Waals surface area contributed by atoms with Gasteiger partial charge in [0, 0.05) is 5.41 Å². The normalized spacial score (nSPS) is 39.8. The zero-order valence-corrected chi connectivity index (χ0v) is 14.2. The number of carbonyl (C=O) groups excluding carboxylic acids is 2. The molecule has 4 aliphatic carbocycles. The summed E-state index contributed by atoms with van der Waals surface area (Å²) >= 11 is 0. The van der Waals surface area contributed by atoms with Gasteiger partial charge < -0.3 is 20.9 Å². The number of rotatable bonds is 3. The van der Waals surface area contributed by atoms with Crippen molar-refractivity contribution in [1.29, 1.82) is 0 Å². The first kappa shape index (κ1) is 16.6. The highest BCUT2D eigenvalue weighted by Crippen LogP contribution is 2.62. The first-order chi connectivity index (χ1) is 10.5. The topological polar surface area (TPSA) is 102 Å². The fourth-order valence-electron chi connectivity index (χ4n) is 5.57. The van der Waals surface area contributed by atoms with Crippen molar-refractivity contribution in [1.82, 2.24) is 5.32 Å². The first-order valence-electron chi connectivity index (χ1n) is 8.52. The number of ether oxygens (including phenoxy) is 1. The average molecular weight is 324 g/mol. The van der Waals surface area contributed by atoms with Crippen LogP contribution >= 0.6 is 0 Å². The summed E-state index contributed by atoms with van der Waals surface area (Å²) in [5, 5.41) is 13.5. The number of aliphatic hydroxyl groups is 1. The molecule has 0 aliphatic heterocycles. The lowest BCUT2D eigenvalue weighted by Gasteiger charge is -2.61. The van der Waals surface area contributed by atoms with E-state index < -0.39 is 34.7 Å². The summed E-state index contributed by atoms with van der Waals surface area (Å²) in [5.41, 5.74) is 3.86. The molecule has 0 spiro atoms. The summed E-state index contributed by atoms with van der Waals surface area (Å²) < 4.78 is 5.29. The maximum absolute atomic E-state index is 12.1. The van der Waals surface area contributed by atoms with Gasteiger partial charge in [-0.3, -0.25) is 4.79 Å². The Morgan fingerprint density at radius 1 is 1.22 bits per heavy atom. The molecule has 0 heterocycles. The second kappa shape index (κ2) is 5.10. The molecule has 4 bridgehead atoms. The fraction of sp³-hybridized carbons (Fsp3) is 0.882. The van der Waals surface area contributed by atoms with Crippen LogP contribution < -0.4 is 11.1 Å². The van der Waals surface area contributed by atoms with Gasteiger partial charge in [-0.1, -0.05) is 0 Å². The van der Waals surface area contributed by atoms with Crippen molar-refractivity contribution in [2.45, 2.75) is 76.5 Å². The molecule has 0 radical (unpaired) electrons.